The van der Waals surface area contributed by atoms with Crippen LogP contribution < -0.4 is 11.1 Å². The van der Waals surface area contributed by atoms with E-state index in [0.29, 0.717) is 18.9 Å². The van der Waals surface area contributed by atoms with Crippen LogP contribution in [0.4, 0.5) is 11.4 Å². The first-order chi connectivity index (χ1) is 10.6. The molecule has 1 saturated heterocycles. The van der Waals surface area contributed by atoms with E-state index in [4.69, 9.17) is 15.2 Å². The summed E-state index contributed by atoms with van der Waals surface area (Å²) in [7, 11) is 0. The van der Waals surface area contributed by atoms with E-state index in [0.717, 1.165) is 28.7 Å². The van der Waals surface area contributed by atoms with Crippen molar-refractivity contribution >= 4 is 38.9 Å². The number of nitrogen functional groups attached to an aromatic ring is 1. The summed E-state index contributed by atoms with van der Waals surface area (Å²) in [5.74, 6) is -0.270. The molecule has 1 aliphatic heterocycles. The van der Waals surface area contributed by atoms with Crippen LogP contribution in [0.2, 0.25) is 0 Å². The smallest absolute Gasteiger partial charge is 0.302 e. The fourth-order valence-electron chi connectivity index (χ4n) is 2.54. The Balaban J connectivity index is 1.61. The number of aromatic nitrogens is 1. The number of rotatable bonds is 4. The summed E-state index contributed by atoms with van der Waals surface area (Å²) in [5, 5.41) is 5.49. The molecule has 118 valence electrons. The normalized spacial score (nSPS) is 21.7. The van der Waals surface area contributed by atoms with Crippen molar-refractivity contribution in [2.24, 2.45) is 0 Å². The second kappa shape index (κ2) is 6.50. The van der Waals surface area contributed by atoms with E-state index in [1.54, 1.807) is 17.5 Å². The predicted molar refractivity (Wildman–Crippen MR) is 87.1 cm³/mol. The van der Waals surface area contributed by atoms with Gasteiger partial charge in [0.15, 0.2) is 0 Å². The summed E-state index contributed by atoms with van der Waals surface area (Å²) in [6.45, 7) is 2.31. The molecule has 0 aromatic carbocycles. The Morgan fingerprint density at radius 2 is 2.45 bits per heavy atom. The Morgan fingerprint density at radius 1 is 1.59 bits per heavy atom. The Hall–Kier alpha value is -1.86. The van der Waals surface area contributed by atoms with Crippen LogP contribution in [0.3, 0.4) is 0 Å². The van der Waals surface area contributed by atoms with E-state index in [-0.39, 0.29) is 18.1 Å². The van der Waals surface area contributed by atoms with Gasteiger partial charge in [0.1, 0.15) is 6.61 Å². The quantitative estimate of drug-likeness (QED) is 0.841. The minimum Gasteiger partial charge on any atom is -0.463 e. The molecule has 0 aliphatic carbocycles. The van der Waals surface area contributed by atoms with Gasteiger partial charge in [0, 0.05) is 13.0 Å². The molecule has 3 rings (SSSR count). The largest absolute Gasteiger partial charge is 0.463 e. The summed E-state index contributed by atoms with van der Waals surface area (Å²) in [6.07, 6.45) is 3.47. The van der Waals surface area contributed by atoms with Crippen molar-refractivity contribution in [3.63, 3.8) is 0 Å². The number of nitrogens with zero attached hydrogens (tertiary/aromatic N) is 1. The number of hydrogen-bond acceptors (Lipinski definition) is 7. The average Bonchev–Trinajstić information content (AvgIpc) is 2.98. The maximum atomic E-state index is 10.8. The van der Waals surface area contributed by atoms with Gasteiger partial charge in [-0.05, 0) is 24.3 Å². The van der Waals surface area contributed by atoms with Gasteiger partial charge >= 0.3 is 5.97 Å². The molecule has 3 heterocycles. The Labute approximate surface area is 132 Å². The first-order valence-corrected chi connectivity index (χ1v) is 8.14. The zero-order valence-electron chi connectivity index (χ0n) is 12.4. The number of nitrogens with two attached hydrogens (primary N) is 1. The van der Waals surface area contributed by atoms with Gasteiger partial charge in [0.25, 0.3) is 0 Å². The number of thiophene rings is 1. The third kappa shape index (κ3) is 3.31. The summed E-state index contributed by atoms with van der Waals surface area (Å²) in [5.41, 5.74) is 8.59. The number of ether oxygens (including phenoxy) is 2. The molecule has 1 fully saturated rings. The Kier molecular flexibility index (Phi) is 4.44. The average molecular weight is 321 g/mol. The van der Waals surface area contributed by atoms with Crippen LogP contribution in [0.15, 0.2) is 17.6 Å². The third-order valence-electron chi connectivity index (χ3n) is 3.69. The highest BCUT2D eigenvalue weighted by atomic mass is 32.1. The van der Waals surface area contributed by atoms with Gasteiger partial charge in [0.2, 0.25) is 0 Å². The van der Waals surface area contributed by atoms with Gasteiger partial charge in [-0.2, -0.15) is 0 Å². The number of esters is 1. The lowest BCUT2D eigenvalue weighted by atomic mass is 10.0. The van der Waals surface area contributed by atoms with Crippen LogP contribution in [-0.2, 0) is 14.3 Å². The predicted octanol–water partition coefficient (Wildman–Crippen LogP) is 2.40. The summed E-state index contributed by atoms with van der Waals surface area (Å²) in [4.78, 5) is 15.1. The van der Waals surface area contributed by atoms with Crippen LogP contribution in [0.5, 0.6) is 0 Å². The lowest BCUT2D eigenvalue weighted by molar-refractivity contribution is -0.146. The SMILES string of the molecule is CC(=O)OCC1CC[C@H](Nc2c(N)cnc3ccsc23)CO1. The van der Waals surface area contributed by atoms with E-state index in [2.05, 4.69) is 10.3 Å². The van der Waals surface area contributed by atoms with Crippen molar-refractivity contribution in [1.82, 2.24) is 4.98 Å². The molecule has 6 nitrogen and oxygen atoms in total. The number of anilines is 2. The maximum Gasteiger partial charge on any atom is 0.302 e. The topological polar surface area (TPSA) is 86.5 Å². The van der Waals surface area contributed by atoms with E-state index < -0.39 is 0 Å². The fraction of sp³-hybridized carbons (Fsp3) is 0.467. The van der Waals surface area contributed by atoms with Crippen LogP contribution in [0.25, 0.3) is 10.2 Å². The Bertz CT molecular complexity index is 665. The molecule has 0 saturated carbocycles. The van der Waals surface area contributed by atoms with Gasteiger partial charge in [-0.3, -0.25) is 9.78 Å². The zero-order valence-corrected chi connectivity index (χ0v) is 13.2. The number of nitrogens with one attached hydrogen (secondary N) is 1. The molecule has 22 heavy (non-hydrogen) atoms. The van der Waals surface area contributed by atoms with Crippen LogP contribution in [0.1, 0.15) is 19.8 Å². The second-order valence-electron chi connectivity index (χ2n) is 5.40. The molecule has 2 atom stereocenters. The molecule has 0 radical (unpaired) electrons. The fourth-order valence-corrected chi connectivity index (χ4v) is 3.41. The van der Waals surface area contributed by atoms with Crippen LogP contribution >= 0.6 is 11.3 Å². The number of carbonyl (C=O) groups excluding carboxylic acids is 1. The molecule has 2 aromatic heterocycles. The van der Waals surface area contributed by atoms with E-state index in [1.165, 1.54) is 6.92 Å². The highest BCUT2D eigenvalue weighted by molar-refractivity contribution is 7.17. The standard InChI is InChI=1S/C15H19N3O3S/c1-9(19)20-8-11-3-2-10(7-21-11)18-14-12(16)6-17-13-4-5-22-15(13)14/h4-6,10-11H,2-3,7-8,16H2,1H3,(H,17,18)/t10-,11?/m0/s1. The van der Waals surface area contributed by atoms with E-state index >= 15 is 0 Å². The van der Waals surface area contributed by atoms with Gasteiger partial charge in [-0.1, -0.05) is 0 Å². The van der Waals surface area contributed by atoms with E-state index in [1.807, 2.05) is 11.4 Å². The van der Waals surface area contributed by atoms with E-state index in [9.17, 15) is 4.79 Å². The van der Waals surface area contributed by atoms with Gasteiger partial charge in [-0.25, -0.2) is 0 Å². The molecule has 0 spiro atoms. The number of hydrogen-bond donors (Lipinski definition) is 2. The van der Waals surface area contributed by atoms with Gasteiger partial charge < -0.3 is 20.5 Å². The van der Waals surface area contributed by atoms with Crippen molar-refractivity contribution in [2.45, 2.75) is 31.9 Å². The molecule has 3 N–H and O–H groups in total. The van der Waals surface area contributed by atoms with Crippen molar-refractivity contribution < 1.29 is 14.3 Å². The molecule has 1 aliphatic rings. The maximum absolute atomic E-state index is 10.8. The highest BCUT2D eigenvalue weighted by Crippen LogP contribution is 2.33. The molecule has 7 heteroatoms. The highest BCUT2D eigenvalue weighted by Gasteiger charge is 2.23. The minimum absolute atomic E-state index is 0.0153. The molecular formula is C15H19N3O3S. The van der Waals surface area contributed by atoms with Crippen molar-refractivity contribution in [3.8, 4) is 0 Å². The lowest BCUT2D eigenvalue weighted by Gasteiger charge is -2.30. The summed E-state index contributed by atoms with van der Waals surface area (Å²) >= 11 is 1.63. The van der Waals surface area contributed by atoms with Gasteiger partial charge in [-0.15, -0.1) is 11.3 Å². The van der Waals surface area contributed by atoms with Gasteiger partial charge in [0.05, 0.1) is 40.5 Å². The summed E-state index contributed by atoms with van der Waals surface area (Å²) < 4.78 is 11.8. The number of carbonyl (C=O) groups is 1. The Morgan fingerprint density at radius 3 is 3.18 bits per heavy atom. The number of pyridine rings is 1. The van der Waals surface area contributed by atoms with Crippen molar-refractivity contribution in [3.05, 3.63) is 17.6 Å². The molecular weight excluding hydrogens is 302 g/mol. The first kappa shape index (κ1) is 15.1. The molecule has 2 aromatic rings. The van der Waals surface area contributed by atoms with Crippen molar-refractivity contribution in [1.29, 1.82) is 0 Å². The summed E-state index contributed by atoms with van der Waals surface area (Å²) in [6, 6.07) is 2.18. The van der Waals surface area contributed by atoms with Crippen LogP contribution in [0, 0.1) is 0 Å². The number of fused-ring (bicyclic) bond motifs is 1. The van der Waals surface area contributed by atoms with Crippen LogP contribution in [-0.4, -0.2) is 36.3 Å². The van der Waals surface area contributed by atoms with Crippen molar-refractivity contribution in [2.75, 3.05) is 24.3 Å². The lowest BCUT2D eigenvalue weighted by Crippen LogP contribution is -2.37. The first-order valence-electron chi connectivity index (χ1n) is 7.26. The monoisotopic (exact) mass is 321 g/mol. The minimum atomic E-state index is -0.270. The zero-order chi connectivity index (χ0) is 15.5. The molecule has 0 amide bonds. The second-order valence-corrected chi connectivity index (χ2v) is 6.32. The molecule has 1 unspecified atom stereocenters. The third-order valence-corrected chi connectivity index (χ3v) is 4.62. The molecule has 0 bridgehead atoms.